The van der Waals surface area contributed by atoms with Gasteiger partial charge in [-0.2, -0.15) is 0 Å². The largest absolute Gasteiger partial charge is 0.508 e. The first-order chi connectivity index (χ1) is 11.7. The zero-order valence-electron chi connectivity index (χ0n) is 12.8. The van der Waals surface area contributed by atoms with Crippen molar-refractivity contribution in [2.45, 2.75) is 6.61 Å². The van der Waals surface area contributed by atoms with Crippen LogP contribution in [0.1, 0.15) is 11.3 Å². The molecule has 0 fully saturated rings. The molecule has 2 aromatic carbocycles. The lowest BCUT2D eigenvalue weighted by molar-refractivity contribution is 0.302. The second-order valence-corrected chi connectivity index (χ2v) is 5.17. The first-order valence-electron chi connectivity index (χ1n) is 7.43. The van der Waals surface area contributed by atoms with Crippen LogP contribution in [0.15, 0.2) is 76.6 Å². The molecule has 1 heterocycles. The van der Waals surface area contributed by atoms with E-state index in [-0.39, 0.29) is 16.9 Å². The van der Waals surface area contributed by atoms with Crippen molar-refractivity contribution in [2.75, 3.05) is 0 Å². The topological polar surface area (TPSA) is 74.7 Å². The standard InChI is InChI=1S/C19H16N2O3/c22-17-8-6-15(7-9-17)20-11-16-10-18(23)19(12-21-16)24-13-14-4-2-1-3-5-14/h1-12,22H,13H2,(H,21,23). The summed E-state index contributed by atoms with van der Waals surface area (Å²) in [6, 6.07) is 17.6. The smallest absolute Gasteiger partial charge is 0.224 e. The van der Waals surface area contributed by atoms with Crippen LogP contribution in [0.3, 0.4) is 0 Å². The van der Waals surface area contributed by atoms with Crippen LogP contribution in [0.25, 0.3) is 0 Å². The van der Waals surface area contributed by atoms with Gasteiger partial charge in [0, 0.05) is 12.3 Å². The maximum Gasteiger partial charge on any atom is 0.224 e. The van der Waals surface area contributed by atoms with E-state index in [0.717, 1.165) is 5.56 Å². The maximum absolute atomic E-state index is 12.1. The number of phenols is 1. The normalized spacial score (nSPS) is 10.8. The van der Waals surface area contributed by atoms with Gasteiger partial charge in [0.1, 0.15) is 12.4 Å². The Bertz CT molecular complexity index is 884. The third kappa shape index (κ3) is 4.10. The van der Waals surface area contributed by atoms with Gasteiger partial charge in [-0.1, -0.05) is 30.3 Å². The summed E-state index contributed by atoms with van der Waals surface area (Å²) in [7, 11) is 0. The molecule has 1 aromatic heterocycles. The van der Waals surface area contributed by atoms with Crippen molar-refractivity contribution < 1.29 is 9.84 Å². The summed E-state index contributed by atoms with van der Waals surface area (Å²) in [4.78, 5) is 19.3. The van der Waals surface area contributed by atoms with E-state index < -0.39 is 0 Å². The van der Waals surface area contributed by atoms with Crippen molar-refractivity contribution in [3.05, 3.63) is 88.3 Å². The average Bonchev–Trinajstić information content (AvgIpc) is 2.61. The van der Waals surface area contributed by atoms with Gasteiger partial charge in [-0.05, 0) is 29.8 Å². The molecule has 0 unspecified atom stereocenters. The number of pyridine rings is 1. The van der Waals surface area contributed by atoms with Crippen LogP contribution in [0.4, 0.5) is 5.69 Å². The minimum atomic E-state index is -0.211. The lowest BCUT2D eigenvalue weighted by atomic mass is 10.2. The number of nitrogens with one attached hydrogen (secondary N) is 1. The van der Waals surface area contributed by atoms with E-state index in [2.05, 4.69) is 9.98 Å². The molecule has 0 bridgehead atoms. The summed E-state index contributed by atoms with van der Waals surface area (Å²) in [6.45, 7) is 0.338. The molecule has 120 valence electrons. The molecular formula is C19H16N2O3. The summed E-state index contributed by atoms with van der Waals surface area (Å²) in [5, 5.41) is 9.23. The number of aromatic hydroxyl groups is 1. The quantitative estimate of drug-likeness (QED) is 0.707. The maximum atomic E-state index is 12.1. The van der Waals surface area contributed by atoms with Crippen LogP contribution in [0, 0.1) is 0 Å². The summed E-state index contributed by atoms with van der Waals surface area (Å²) in [6.07, 6.45) is 3.08. The molecule has 0 saturated heterocycles. The number of aliphatic imine (C=N–C) groups is 1. The molecule has 0 aliphatic carbocycles. The first kappa shape index (κ1) is 15.6. The Morgan fingerprint density at radius 3 is 2.54 bits per heavy atom. The van der Waals surface area contributed by atoms with E-state index in [1.807, 2.05) is 30.3 Å². The lowest BCUT2D eigenvalue weighted by Gasteiger charge is -2.05. The van der Waals surface area contributed by atoms with E-state index >= 15 is 0 Å². The molecule has 0 aliphatic heterocycles. The van der Waals surface area contributed by atoms with Crippen molar-refractivity contribution in [1.82, 2.24) is 4.98 Å². The highest BCUT2D eigenvalue weighted by molar-refractivity contribution is 5.79. The van der Waals surface area contributed by atoms with E-state index in [0.29, 0.717) is 18.0 Å². The zero-order valence-corrected chi connectivity index (χ0v) is 12.8. The zero-order chi connectivity index (χ0) is 16.8. The molecule has 0 spiro atoms. The Morgan fingerprint density at radius 2 is 1.83 bits per heavy atom. The van der Waals surface area contributed by atoms with Gasteiger partial charge >= 0.3 is 0 Å². The van der Waals surface area contributed by atoms with Gasteiger partial charge in [-0.15, -0.1) is 0 Å². The Hall–Kier alpha value is -3.34. The Morgan fingerprint density at radius 1 is 1.08 bits per heavy atom. The molecule has 0 aliphatic rings. The third-order valence-electron chi connectivity index (χ3n) is 3.34. The molecule has 0 atom stereocenters. The summed E-state index contributed by atoms with van der Waals surface area (Å²) in [5.41, 5.74) is 2.03. The van der Waals surface area contributed by atoms with Gasteiger partial charge in [0.25, 0.3) is 0 Å². The second kappa shape index (κ2) is 7.28. The number of H-pyrrole nitrogens is 1. The summed E-state index contributed by atoms with van der Waals surface area (Å²) in [5.74, 6) is 0.447. The fourth-order valence-corrected chi connectivity index (χ4v) is 2.08. The van der Waals surface area contributed by atoms with Crippen LogP contribution in [0.5, 0.6) is 11.5 Å². The van der Waals surface area contributed by atoms with Gasteiger partial charge < -0.3 is 14.8 Å². The number of hydrogen-bond donors (Lipinski definition) is 2. The molecular weight excluding hydrogens is 304 g/mol. The number of aromatic amines is 1. The summed E-state index contributed by atoms with van der Waals surface area (Å²) < 4.78 is 5.54. The molecule has 3 rings (SSSR count). The molecule has 0 saturated carbocycles. The number of hydrogen-bond acceptors (Lipinski definition) is 4. The van der Waals surface area contributed by atoms with Crippen LogP contribution in [-0.2, 0) is 6.61 Å². The van der Waals surface area contributed by atoms with E-state index in [1.165, 1.54) is 12.3 Å². The summed E-state index contributed by atoms with van der Waals surface area (Å²) >= 11 is 0. The highest BCUT2D eigenvalue weighted by Crippen LogP contribution is 2.16. The van der Waals surface area contributed by atoms with Crippen molar-refractivity contribution in [1.29, 1.82) is 0 Å². The fraction of sp³-hybridized carbons (Fsp3) is 0.0526. The number of nitrogens with zero attached hydrogens (tertiary/aromatic N) is 1. The Balaban J connectivity index is 1.68. The van der Waals surface area contributed by atoms with Gasteiger partial charge in [0.05, 0.1) is 17.6 Å². The molecule has 5 heteroatoms. The molecule has 2 N–H and O–H groups in total. The average molecular weight is 320 g/mol. The fourth-order valence-electron chi connectivity index (χ4n) is 2.08. The number of benzene rings is 2. The predicted octanol–water partition coefficient (Wildman–Crippen LogP) is 3.41. The third-order valence-corrected chi connectivity index (χ3v) is 3.34. The minimum Gasteiger partial charge on any atom is -0.508 e. The number of phenolic OH excluding ortho intramolecular Hbond substituents is 1. The second-order valence-electron chi connectivity index (χ2n) is 5.17. The van der Waals surface area contributed by atoms with Crippen LogP contribution < -0.4 is 10.2 Å². The van der Waals surface area contributed by atoms with Gasteiger partial charge in [0.2, 0.25) is 5.43 Å². The predicted molar refractivity (Wildman–Crippen MR) is 93.2 cm³/mol. The van der Waals surface area contributed by atoms with Gasteiger partial charge in [-0.25, -0.2) is 0 Å². The molecule has 3 aromatic rings. The molecule has 0 radical (unpaired) electrons. The van der Waals surface area contributed by atoms with Crippen molar-refractivity contribution in [3.8, 4) is 11.5 Å². The van der Waals surface area contributed by atoms with Crippen molar-refractivity contribution in [3.63, 3.8) is 0 Å². The molecule has 0 amide bonds. The van der Waals surface area contributed by atoms with E-state index in [1.54, 1.807) is 30.5 Å². The minimum absolute atomic E-state index is 0.183. The number of ether oxygens (including phenoxy) is 1. The van der Waals surface area contributed by atoms with E-state index in [4.69, 9.17) is 4.74 Å². The Labute approximate surface area is 138 Å². The molecule has 5 nitrogen and oxygen atoms in total. The number of rotatable bonds is 5. The lowest BCUT2D eigenvalue weighted by Crippen LogP contribution is -2.09. The monoisotopic (exact) mass is 320 g/mol. The Kier molecular flexibility index (Phi) is 4.72. The SMILES string of the molecule is O=c1cc(C=Nc2ccc(O)cc2)[nH]cc1OCc1ccccc1. The highest BCUT2D eigenvalue weighted by Gasteiger charge is 2.02. The van der Waals surface area contributed by atoms with E-state index in [9.17, 15) is 9.90 Å². The van der Waals surface area contributed by atoms with Crippen molar-refractivity contribution >= 4 is 11.9 Å². The van der Waals surface area contributed by atoms with Crippen LogP contribution >= 0.6 is 0 Å². The molecule has 24 heavy (non-hydrogen) atoms. The van der Waals surface area contributed by atoms with Gasteiger partial charge in [0.15, 0.2) is 5.75 Å². The van der Waals surface area contributed by atoms with Crippen LogP contribution in [0.2, 0.25) is 0 Å². The van der Waals surface area contributed by atoms with Crippen LogP contribution in [-0.4, -0.2) is 16.3 Å². The first-order valence-corrected chi connectivity index (χ1v) is 7.43. The highest BCUT2D eigenvalue weighted by atomic mass is 16.5. The van der Waals surface area contributed by atoms with Crippen molar-refractivity contribution in [2.24, 2.45) is 4.99 Å². The number of aromatic nitrogens is 1. The van der Waals surface area contributed by atoms with Gasteiger partial charge in [-0.3, -0.25) is 9.79 Å².